The van der Waals surface area contributed by atoms with Crippen molar-refractivity contribution in [1.29, 1.82) is 0 Å². The van der Waals surface area contributed by atoms with Crippen LogP contribution in [0.2, 0.25) is 5.28 Å². The number of nitrogens with two attached hydrogens (primary N) is 1. The van der Waals surface area contributed by atoms with Crippen LogP contribution >= 0.6 is 11.6 Å². The van der Waals surface area contributed by atoms with Crippen LogP contribution in [0.25, 0.3) is 0 Å². The molecule has 0 fully saturated rings. The van der Waals surface area contributed by atoms with Gasteiger partial charge in [0.15, 0.2) is 5.82 Å². The van der Waals surface area contributed by atoms with Gasteiger partial charge in [-0.05, 0) is 35.7 Å². The number of hydrogen-bond donors (Lipinski definition) is 2. The first-order chi connectivity index (χ1) is 10.1. The molecule has 1 aromatic carbocycles. The minimum absolute atomic E-state index is 0.126. The monoisotopic (exact) mass is 306 g/mol. The van der Waals surface area contributed by atoms with Crippen LogP contribution in [0.5, 0.6) is 0 Å². The molecular formula is C14H15ClN4O2. The Kier molecular flexibility index (Phi) is 4.94. The topological polar surface area (TPSA) is 90.1 Å². The van der Waals surface area contributed by atoms with Gasteiger partial charge in [-0.15, -0.1) is 0 Å². The van der Waals surface area contributed by atoms with Crippen molar-refractivity contribution < 1.29 is 9.53 Å². The van der Waals surface area contributed by atoms with E-state index in [1.807, 2.05) is 24.3 Å². The Balaban J connectivity index is 2.02. The Labute approximate surface area is 127 Å². The van der Waals surface area contributed by atoms with Gasteiger partial charge in [0.1, 0.15) is 0 Å². The lowest BCUT2D eigenvalue weighted by Gasteiger charge is -2.09. The van der Waals surface area contributed by atoms with Gasteiger partial charge in [-0.3, -0.25) is 4.79 Å². The van der Waals surface area contributed by atoms with Crippen LogP contribution in [-0.4, -0.2) is 23.0 Å². The number of rotatable bonds is 5. The summed E-state index contributed by atoms with van der Waals surface area (Å²) in [6, 6.07) is 7.60. The maximum atomic E-state index is 11.1. The van der Waals surface area contributed by atoms with Gasteiger partial charge in [-0.1, -0.05) is 12.1 Å². The molecule has 0 spiro atoms. The van der Waals surface area contributed by atoms with Gasteiger partial charge >= 0.3 is 5.97 Å². The van der Waals surface area contributed by atoms with Crippen molar-refractivity contribution in [2.24, 2.45) is 0 Å². The third-order valence-electron chi connectivity index (χ3n) is 2.85. The number of methoxy groups -OCH3 is 1. The third-order valence-corrected chi connectivity index (χ3v) is 3.03. The Morgan fingerprint density at radius 1 is 1.38 bits per heavy atom. The summed E-state index contributed by atoms with van der Waals surface area (Å²) in [6.45, 7) is 0. The number of aromatic nitrogens is 2. The maximum Gasteiger partial charge on any atom is 0.305 e. The summed E-state index contributed by atoms with van der Waals surface area (Å²) in [6.07, 6.45) is 2.44. The molecule has 2 aromatic rings. The van der Waals surface area contributed by atoms with E-state index in [1.54, 1.807) is 0 Å². The molecule has 1 heterocycles. The van der Waals surface area contributed by atoms with Crippen molar-refractivity contribution in [3.8, 4) is 0 Å². The van der Waals surface area contributed by atoms with E-state index in [9.17, 15) is 4.79 Å². The number of esters is 1. The number of aryl methyl sites for hydroxylation is 1. The second-order valence-corrected chi connectivity index (χ2v) is 4.68. The molecule has 0 aliphatic heterocycles. The summed E-state index contributed by atoms with van der Waals surface area (Å²) in [4.78, 5) is 18.9. The van der Waals surface area contributed by atoms with Gasteiger partial charge in [0.05, 0.1) is 19.0 Å². The summed E-state index contributed by atoms with van der Waals surface area (Å²) in [5, 5.41) is 3.19. The lowest BCUT2D eigenvalue weighted by atomic mass is 10.1. The van der Waals surface area contributed by atoms with E-state index in [0.29, 0.717) is 24.3 Å². The van der Waals surface area contributed by atoms with Crippen LogP contribution in [0.4, 0.5) is 17.2 Å². The zero-order valence-corrected chi connectivity index (χ0v) is 12.2. The van der Waals surface area contributed by atoms with Gasteiger partial charge in [0, 0.05) is 12.1 Å². The fourth-order valence-corrected chi connectivity index (χ4v) is 1.84. The lowest BCUT2D eigenvalue weighted by Crippen LogP contribution is -2.02. The average molecular weight is 307 g/mol. The Morgan fingerprint density at radius 3 is 2.76 bits per heavy atom. The number of ether oxygens (including phenoxy) is 1. The van der Waals surface area contributed by atoms with E-state index in [-0.39, 0.29) is 11.3 Å². The lowest BCUT2D eigenvalue weighted by molar-refractivity contribution is -0.140. The summed E-state index contributed by atoms with van der Waals surface area (Å²) < 4.78 is 4.61. The van der Waals surface area contributed by atoms with Crippen molar-refractivity contribution in [2.75, 3.05) is 18.2 Å². The van der Waals surface area contributed by atoms with Crippen molar-refractivity contribution in [2.45, 2.75) is 12.8 Å². The largest absolute Gasteiger partial charge is 0.469 e. The number of nitrogens with one attached hydrogen (secondary N) is 1. The molecule has 21 heavy (non-hydrogen) atoms. The van der Waals surface area contributed by atoms with Gasteiger partial charge in [-0.25, -0.2) is 4.98 Å². The molecule has 0 bridgehead atoms. The minimum atomic E-state index is -0.222. The summed E-state index contributed by atoms with van der Waals surface area (Å²) in [5.41, 5.74) is 8.04. The Hall–Kier alpha value is -2.34. The molecule has 0 atom stereocenters. The molecule has 0 aliphatic carbocycles. The SMILES string of the molecule is COC(=O)CCc1ccc(Nc2nc(Cl)ncc2N)cc1. The van der Waals surface area contributed by atoms with Crippen LogP contribution in [-0.2, 0) is 16.0 Å². The van der Waals surface area contributed by atoms with Crippen molar-refractivity contribution in [3.05, 3.63) is 41.3 Å². The van der Waals surface area contributed by atoms with Crippen molar-refractivity contribution in [1.82, 2.24) is 9.97 Å². The molecule has 0 unspecified atom stereocenters. The molecule has 0 saturated carbocycles. The summed E-state index contributed by atoms with van der Waals surface area (Å²) in [7, 11) is 1.38. The van der Waals surface area contributed by atoms with E-state index >= 15 is 0 Å². The number of hydrogen-bond acceptors (Lipinski definition) is 6. The fourth-order valence-electron chi connectivity index (χ4n) is 1.71. The molecule has 1 aromatic heterocycles. The van der Waals surface area contributed by atoms with Crippen molar-refractivity contribution in [3.63, 3.8) is 0 Å². The number of nitrogens with zero attached hydrogens (tertiary/aromatic N) is 2. The van der Waals surface area contributed by atoms with E-state index in [4.69, 9.17) is 17.3 Å². The molecule has 0 saturated heterocycles. The normalized spacial score (nSPS) is 10.2. The number of benzene rings is 1. The summed E-state index contributed by atoms with van der Waals surface area (Å²) >= 11 is 5.73. The fraction of sp³-hybridized carbons (Fsp3) is 0.214. The van der Waals surface area contributed by atoms with Gasteiger partial charge < -0.3 is 15.8 Å². The van der Waals surface area contributed by atoms with Crippen LogP contribution in [0.3, 0.4) is 0 Å². The van der Waals surface area contributed by atoms with Crippen LogP contribution in [0.15, 0.2) is 30.5 Å². The zero-order valence-electron chi connectivity index (χ0n) is 11.5. The smallest absolute Gasteiger partial charge is 0.305 e. The molecule has 0 radical (unpaired) electrons. The van der Waals surface area contributed by atoms with Gasteiger partial charge in [0.2, 0.25) is 5.28 Å². The highest BCUT2D eigenvalue weighted by Crippen LogP contribution is 2.21. The third kappa shape index (κ3) is 4.32. The van der Waals surface area contributed by atoms with E-state index < -0.39 is 0 Å². The highest BCUT2D eigenvalue weighted by atomic mass is 35.5. The first kappa shape index (κ1) is 15.1. The molecule has 0 aliphatic rings. The number of anilines is 3. The van der Waals surface area contributed by atoms with E-state index in [1.165, 1.54) is 13.3 Å². The molecule has 0 amide bonds. The molecule has 6 nitrogen and oxygen atoms in total. The predicted molar refractivity (Wildman–Crippen MR) is 81.5 cm³/mol. The van der Waals surface area contributed by atoms with Gasteiger partial charge in [0.25, 0.3) is 0 Å². The maximum absolute atomic E-state index is 11.1. The molecule has 3 N–H and O–H groups in total. The minimum Gasteiger partial charge on any atom is -0.469 e. The second-order valence-electron chi connectivity index (χ2n) is 4.34. The average Bonchev–Trinajstić information content (AvgIpc) is 2.50. The summed E-state index contributed by atoms with van der Waals surface area (Å²) in [5.74, 6) is 0.234. The van der Waals surface area contributed by atoms with E-state index in [2.05, 4.69) is 20.0 Å². The van der Waals surface area contributed by atoms with Gasteiger partial charge in [-0.2, -0.15) is 4.98 Å². The molecular weight excluding hydrogens is 292 g/mol. The quantitative estimate of drug-likeness (QED) is 0.652. The first-order valence-electron chi connectivity index (χ1n) is 6.29. The number of carbonyl (C=O) groups is 1. The van der Waals surface area contributed by atoms with Crippen LogP contribution < -0.4 is 11.1 Å². The Morgan fingerprint density at radius 2 is 2.10 bits per heavy atom. The predicted octanol–water partition coefficient (Wildman–Crippen LogP) is 2.56. The van der Waals surface area contributed by atoms with E-state index in [0.717, 1.165) is 11.3 Å². The number of halogens is 1. The number of carbonyl (C=O) groups excluding carboxylic acids is 1. The highest BCUT2D eigenvalue weighted by Gasteiger charge is 2.05. The standard InChI is InChI=1S/C14H15ClN4O2/c1-21-12(20)7-4-9-2-5-10(6-3-9)18-13-11(16)8-17-14(15)19-13/h2-3,5-6,8H,4,7,16H2,1H3,(H,17,18,19). The molecule has 2 rings (SSSR count). The zero-order chi connectivity index (χ0) is 15.2. The van der Waals surface area contributed by atoms with Crippen LogP contribution in [0, 0.1) is 0 Å². The highest BCUT2D eigenvalue weighted by molar-refractivity contribution is 6.28. The van der Waals surface area contributed by atoms with Crippen LogP contribution in [0.1, 0.15) is 12.0 Å². The number of nitrogen functional groups attached to an aromatic ring is 1. The first-order valence-corrected chi connectivity index (χ1v) is 6.67. The van der Waals surface area contributed by atoms with Crippen molar-refractivity contribution >= 4 is 34.8 Å². The Bertz CT molecular complexity index is 631. The molecule has 110 valence electrons. The molecule has 7 heteroatoms. The second kappa shape index (κ2) is 6.90.